The first kappa shape index (κ1) is 12.6. The van der Waals surface area contributed by atoms with Crippen LogP contribution in [0, 0.1) is 19.7 Å². The SMILES string of the molecule is Cc1noc(C)c1S(=O)(=O)Oc1ccccc1F. The van der Waals surface area contributed by atoms with Crippen LogP contribution in [0.25, 0.3) is 0 Å². The zero-order valence-corrected chi connectivity index (χ0v) is 10.5. The van der Waals surface area contributed by atoms with Crippen LogP contribution in [0.4, 0.5) is 4.39 Å². The van der Waals surface area contributed by atoms with Gasteiger partial charge in [0, 0.05) is 0 Å². The number of hydrogen-bond acceptors (Lipinski definition) is 5. The number of rotatable bonds is 3. The molecule has 0 amide bonds. The van der Waals surface area contributed by atoms with Crippen LogP contribution in [0.1, 0.15) is 11.5 Å². The minimum absolute atomic E-state index is 0.101. The lowest BCUT2D eigenvalue weighted by molar-refractivity contribution is 0.389. The summed E-state index contributed by atoms with van der Waals surface area (Å²) in [5.41, 5.74) is 0.170. The van der Waals surface area contributed by atoms with Crippen molar-refractivity contribution >= 4 is 10.1 Å². The third-order valence-electron chi connectivity index (χ3n) is 2.25. The zero-order valence-electron chi connectivity index (χ0n) is 9.68. The summed E-state index contributed by atoms with van der Waals surface area (Å²) < 4.78 is 46.8. The van der Waals surface area contributed by atoms with E-state index in [9.17, 15) is 12.8 Å². The van der Waals surface area contributed by atoms with Gasteiger partial charge >= 0.3 is 10.1 Å². The van der Waals surface area contributed by atoms with Crippen LogP contribution < -0.4 is 4.18 Å². The Labute approximate surface area is 103 Å². The standard InChI is InChI=1S/C11H10FNO4S/c1-7-11(8(2)16-13-7)18(14,15)17-10-6-4-3-5-9(10)12/h3-6H,1-2H3. The van der Waals surface area contributed by atoms with Gasteiger partial charge in [0.2, 0.25) is 0 Å². The van der Waals surface area contributed by atoms with E-state index in [0.717, 1.165) is 6.07 Å². The summed E-state index contributed by atoms with van der Waals surface area (Å²) in [6.07, 6.45) is 0. The molecule has 0 radical (unpaired) electrons. The van der Waals surface area contributed by atoms with Gasteiger partial charge in [0.15, 0.2) is 22.2 Å². The lowest BCUT2D eigenvalue weighted by atomic mass is 10.3. The minimum atomic E-state index is -4.15. The van der Waals surface area contributed by atoms with Crippen molar-refractivity contribution in [1.82, 2.24) is 5.16 Å². The topological polar surface area (TPSA) is 69.4 Å². The first-order chi connectivity index (χ1) is 8.42. The van der Waals surface area contributed by atoms with Crippen molar-refractivity contribution in [2.75, 3.05) is 0 Å². The normalized spacial score (nSPS) is 11.5. The van der Waals surface area contributed by atoms with Gasteiger partial charge in [-0.2, -0.15) is 8.42 Å². The number of nitrogens with zero attached hydrogens (tertiary/aromatic N) is 1. The molecule has 0 N–H and O–H groups in total. The molecular weight excluding hydrogens is 261 g/mol. The van der Waals surface area contributed by atoms with Gasteiger partial charge in [-0.1, -0.05) is 17.3 Å². The molecule has 1 heterocycles. The molecule has 0 saturated carbocycles. The van der Waals surface area contributed by atoms with E-state index < -0.39 is 15.9 Å². The highest BCUT2D eigenvalue weighted by molar-refractivity contribution is 7.87. The molecule has 2 aromatic rings. The number of hydrogen-bond donors (Lipinski definition) is 0. The Kier molecular flexibility index (Phi) is 3.08. The van der Waals surface area contributed by atoms with Gasteiger partial charge in [-0.05, 0) is 26.0 Å². The molecule has 0 aliphatic heterocycles. The van der Waals surface area contributed by atoms with E-state index in [-0.39, 0.29) is 22.1 Å². The summed E-state index contributed by atoms with van der Waals surface area (Å²) in [6.45, 7) is 2.91. The molecule has 7 heteroatoms. The highest BCUT2D eigenvalue weighted by Gasteiger charge is 2.27. The summed E-state index contributed by atoms with van der Waals surface area (Å²) in [7, 11) is -4.15. The number of para-hydroxylation sites is 1. The maximum absolute atomic E-state index is 13.3. The second-order valence-corrected chi connectivity index (χ2v) is 5.10. The van der Waals surface area contributed by atoms with E-state index in [1.165, 1.54) is 32.0 Å². The van der Waals surface area contributed by atoms with Crippen LogP contribution in [0.2, 0.25) is 0 Å². The molecule has 18 heavy (non-hydrogen) atoms. The molecule has 0 fully saturated rings. The Morgan fingerprint density at radius 3 is 2.50 bits per heavy atom. The van der Waals surface area contributed by atoms with Crippen molar-refractivity contribution in [1.29, 1.82) is 0 Å². The Balaban J connectivity index is 2.43. The minimum Gasteiger partial charge on any atom is -0.376 e. The van der Waals surface area contributed by atoms with Gasteiger partial charge < -0.3 is 8.71 Å². The smallest absolute Gasteiger partial charge is 0.344 e. The van der Waals surface area contributed by atoms with Crippen LogP contribution in [-0.4, -0.2) is 13.6 Å². The van der Waals surface area contributed by atoms with Crippen molar-refractivity contribution in [3.63, 3.8) is 0 Å². The molecule has 0 unspecified atom stereocenters. The zero-order chi connectivity index (χ0) is 13.3. The highest BCUT2D eigenvalue weighted by Crippen LogP contribution is 2.25. The van der Waals surface area contributed by atoms with Crippen LogP contribution in [0.15, 0.2) is 33.7 Å². The molecule has 96 valence electrons. The Morgan fingerprint density at radius 2 is 1.94 bits per heavy atom. The molecule has 0 atom stereocenters. The van der Waals surface area contributed by atoms with E-state index in [4.69, 9.17) is 8.71 Å². The summed E-state index contributed by atoms with van der Waals surface area (Å²) in [6, 6.07) is 5.25. The van der Waals surface area contributed by atoms with Gasteiger partial charge in [-0.15, -0.1) is 0 Å². The second kappa shape index (κ2) is 4.41. The molecule has 1 aromatic carbocycles. The maximum Gasteiger partial charge on any atom is 0.344 e. The predicted octanol–water partition coefficient (Wildman–Crippen LogP) is 2.20. The lowest BCUT2D eigenvalue weighted by Crippen LogP contribution is -2.12. The fraction of sp³-hybridized carbons (Fsp3) is 0.182. The summed E-state index contributed by atoms with van der Waals surface area (Å²) in [5, 5.41) is 3.52. The summed E-state index contributed by atoms with van der Waals surface area (Å²) in [4.78, 5) is -0.175. The Hall–Kier alpha value is -1.89. The Morgan fingerprint density at radius 1 is 1.28 bits per heavy atom. The molecule has 0 bridgehead atoms. The van der Waals surface area contributed by atoms with Gasteiger partial charge in [0.05, 0.1) is 0 Å². The summed E-state index contributed by atoms with van der Waals surface area (Å²) >= 11 is 0. The molecule has 0 spiro atoms. The predicted molar refractivity (Wildman–Crippen MR) is 60.2 cm³/mol. The Bertz CT molecular complexity index is 659. The van der Waals surface area contributed by atoms with Crippen LogP contribution >= 0.6 is 0 Å². The molecule has 1 aromatic heterocycles. The molecule has 0 aliphatic rings. The van der Waals surface area contributed by atoms with E-state index in [1.54, 1.807) is 0 Å². The largest absolute Gasteiger partial charge is 0.376 e. The van der Waals surface area contributed by atoms with E-state index in [1.807, 2.05) is 0 Å². The van der Waals surface area contributed by atoms with Gasteiger partial charge in [0.1, 0.15) is 5.69 Å². The average Bonchev–Trinajstić information content (AvgIpc) is 2.62. The second-order valence-electron chi connectivity index (χ2n) is 3.62. The maximum atomic E-state index is 13.3. The highest BCUT2D eigenvalue weighted by atomic mass is 32.2. The van der Waals surface area contributed by atoms with E-state index >= 15 is 0 Å². The van der Waals surface area contributed by atoms with Crippen molar-refractivity contribution in [3.8, 4) is 5.75 Å². The van der Waals surface area contributed by atoms with Gasteiger partial charge in [-0.3, -0.25) is 0 Å². The molecule has 0 saturated heterocycles. The third kappa shape index (κ3) is 2.21. The third-order valence-corrected chi connectivity index (χ3v) is 3.74. The van der Waals surface area contributed by atoms with E-state index in [0.29, 0.717) is 0 Å². The first-order valence-electron chi connectivity index (χ1n) is 5.03. The van der Waals surface area contributed by atoms with Crippen molar-refractivity contribution in [2.24, 2.45) is 0 Å². The van der Waals surface area contributed by atoms with Crippen LogP contribution in [0.3, 0.4) is 0 Å². The van der Waals surface area contributed by atoms with Crippen molar-refractivity contribution in [3.05, 3.63) is 41.5 Å². The van der Waals surface area contributed by atoms with E-state index in [2.05, 4.69) is 5.16 Å². The van der Waals surface area contributed by atoms with Gasteiger partial charge in [0.25, 0.3) is 0 Å². The number of halogens is 1. The van der Waals surface area contributed by atoms with Gasteiger partial charge in [-0.25, -0.2) is 4.39 Å². The van der Waals surface area contributed by atoms with Crippen LogP contribution in [0.5, 0.6) is 5.75 Å². The van der Waals surface area contributed by atoms with Crippen molar-refractivity contribution in [2.45, 2.75) is 18.7 Å². The number of aromatic nitrogens is 1. The number of aryl methyl sites for hydroxylation is 2. The molecule has 5 nitrogen and oxygen atoms in total. The number of benzene rings is 1. The average molecular weight is 271 g/mol. The molecule has 0 aliphatic carbocycles. The fourth-order valence-electron chi connectivity index (χ4n) is 1.50. The monoisotopic (exact) mass is 271 g/mol. The first-order valence-corrected chi connectivity index (χ1v) is 6.44. The lowest BCUT2D eigenvalue weighted by Gasteiger charge is -2.06. The van der Waals surface area contributed by atoms with Crippen molar-refractivity contribution < 1.29 is 21.5 Å². The molecular formula is C11H10FNO4S. The molecule has 2 rings (SSSR count). The quantitative estimate of drug-likeness (QED) is 0.800. The fourth-order valence-corrected chi connectivity index (χ4v) is 2.75. The summed E-state index contributed by atoms with van der Waals surface area (Å²) in [5.74, 6) is -1.02. The van der Waals surface area contributed by atoms with Crippen LogP contribution in [-0.2, 0) is 10.1 Å².